The van der Waals surface area contributed by atoms with Crippen LogP contribution in [-0.2, 0) is 28.8 Å². The number of morpholine rings is 1. The van der Waals surface area contributed by atoms with E-state index in [0.29, 0.717) is 6.54 Å². The number of nitrogens with zero attached hydrogens (tertiary/aromatic N) is 2. The fourth-order valence-corrected chi connectivity index (χ4v) is 3.44. The van der Waals surface area contributed by atoms with E-state index in [4.69, 9.17) is 4.74 Å². The van der Waals surface area contributed by atoms with Gasteiger partial charge < -0.3 is 10.1 Å². The van der Waals surface area contributed by atoms with Crippen LogP contribution in [0.3, 0.4) is 0 Å². The lowest BCUT2D eigenvalue weighted by atomic mass is 9.91. The van der Waals surface area contributed by atoms with Gasteiger partial charge in [0, 0.05) is 25.2 Å². The molecule has 1 aromatic rings. The standard InChI is InChI=1S/C17H26N4O3/c22-16(18-6-3-7-21-8-10-24-11-9-21)12-15-13-4-1-2-5-14(13)17(23)20-19-15/h1-12H2,(H,18,22)(H,20,23). The molecule has 2 aliphatic rings. The predicted octanol–water partition coefficient (Wildman–Crippen LogP) is 0.0297. The highest BCUT2D eigenvalue weighted by Crippen LogP contribution is 2.20. The number of carbonyl (C=O) groups excluding carboxylic acids is 1. The van der Waals surface area contributed by atoms with Crippen molar-refractivity contribution < 1.29 is 9.53 Å². The quantitative estimate of drug-likeness (QED) is 0.717. The number of hydrogen-bond acceptors (Lipinski definition) is 5. The molecule has 0 spiro atoms. The van der Waals surface area contributed by atoms with E-state index in [-0.39, 0.29) is 17.9 Å². The Hall–Kier alpha value is -1.73. The number of nitrogens with one attached hydrogen (secondary N) is 2. The molecule has 0 saturated carbocycles. The van der Waals surface area contributed by atoms with Gasteiger partial charge in [0.15, 0.2) is 0 Å². The molecule has 1 aliphatic carbocycles. The van der Waals surface area contributed by atoms with Crippen LogP contribution < -0.4 is 10.9 Å². The fourth-order valence-electron chi connectivity index (χ4n) is 3.44. The number of fused-ring (bicyclic) bond motifs is 1. The summed E-state index contributed by atoms with van der Waals surface area (Å²) in [6.45, 7) is 5.20. The molecule has 2 heterocycles. The lowest BCUT2D eigenvalue weighted by Gasteiger charge is -2.26. The molecular formula is C17H26N4O3. The molecule has 132 valence electrons. The van der Waals surface area contributed by atoms with Gasteiger partial charge >= 0.3 is 0 Å². The fraction of sp³-hybridized carbons (Fsp3) is 0.706. The third-order valence-electron chi connectivity index (χ3n) is 4.79. The zero-order chi connectivity index (χ0) is 16.8. The van der Waals surface area contributed by atoms with Crippen molar-refractivity contribution in [3.05, 3.63) is 27.2 Å². The summed E-state index contributed by atoms with van der Waals surface area (Å²) in [5, 5.41) is 9.62. The van der Waals surface area contributed by atoms with Gasteiger partial charge in [0.05, 0.1) is 25.3 Å². The van der Waals surface area contributed by atoms with Gasteiger partial charge in [0.2, 0.25) is 5.91 Å². The Morgan fingerprint density at radius 1 is 1.21 bits per heavy atom. The van der Waals surface area contributed by atoms with Crippen molar-refractivity contribution in [3.8, 4) is 0 Å². The summed E-state index contributed by atoms with van der Waals surface area (Å²) in [7, 11) is 0. The van der Waals surface area contributed by atoms with Crippen LogP contribution in [-0.4, -0.2) is 60.4 Å². The number of ether oxygens (including phenoxy) is 1. The molecule has 24 heavy (non-hydrogen) atoms. The molecule has 1 saturated heterocycles. The third kappa shape index (κ3) is 4.42. The second-order valence-electron chi connectivity index (χ2n) is 6.50. The van der Waals surface area contributed by atoms with Crippen LogP contribution in [0, 0.1) is 0 Å². The first-order chi connectivity index (χ1) is 11.7. The van der Waals surface area contributed by atoms with Crippen molar-refractivity contribution >= 4 is 5.91 Å². The molecule has 0 bridgehead atoms. The molecule has 0 aromatic carbocycles. The maximum Gasteiger partial charge on any atom is 0.267 e. The van der Waals surface area contributed by atoms with Crippen molar-refractivity contribution in [2.45, 2.75) is 38.5 Å². The summed E-state index contributed by atoms with van der Waals surface area (Å²) in [6.07, 6.45) is 4.92. The van der Waals surface area contributed by atoms with E-state index < -0.39 is 0 Å². The van der Waals surface area contributed by atoms with Crippen LogP contribution >= 0.6 is 0 Å². The van der Waals surface area contributed by atoms with Crippen molar-refractivity contribution in [1.29, 1.82) is 0 Å². The summed E-state index contributed by atoms with van der Waals surface area (Å²) in [4.78, 5) is 26.3. The van der Waals surface area contributed by atoms with Crippen molar-refractivity contribution in [3.63, 3.8) is 0 Å². The van der Waals surface area contributed by atoms with Crippen molar-refractivity contribution in [2.24, 2.45) is 0 Å². The van der Waals surface area contributed by atoms with Crippen LogP contribution in [0.2, 0.25) is 0 Å². The molecule has 2 N–H and O–H groups in total. The summed E-state index contributed by atoms with van der Waals surface area (Å²) in [5.74, 6) is -0.0238. The summed E-state index contributed by atoms with van der Waals surface area (Å²) in [5.41, 5.74) is 2.45. The van der Waals surface area contributed by atoms with E-state index in [1.807, 2.05) is 0 Å². The monoisotopic (exact) mass is 334 g/mol. The van der Waals surface area contributed by atoms with Crippen molar-refractivity contribution in [2.75, 3.05) is 39.4 Å². The lowest BCUT2D eigenvalue weighted by Crippen LogP contribution is -2.38. The van der Waals surface area contributed by atoms with Gasteiger partial charge in [-0.05, 0) is 44.2 Å². The smallest absolute Gasteiger partial charge is 0.267 e. The van der Waals surface area contributed by atoms with Gasteiger partial charge in [-0.3, -0.25) is 14.5 Å². The highest BCUT2D eigenvalue weighted by atomic mass is 16.5. The van der Waals surface area contributed by atoms with E-state index >= 15 is 0 Å². The molecule has 7 heteroatoms. The van der Waals surface area contributed by atoms with E-state index in [0.717, 1.165) is 81.8 Å². The maximum atomic E-state index is 12.2. The largest absolute Gasteiger partial charge is 0.379 e. The summed E-state index contributed by atoms with van der Waals surface area (Å²) >= 11 is 0. The Bertz CT molecular complexity index is 623. The van der Waals surface area contributed by atoms with Gasteiger partial charge in [-0.1, -0.05) is 0 Å². The number of amides is 1. The van der Waals surface area contributed by atoms with Crippen LogP contribution in [0.25, 0.3) is 0 Å². The molecule has 0 atom stereocenters. The molecule has 1 amide bonds. The molecule has 0 radical (unpaired) electrons. The highest BCUT2D eigenvalue weighted by molar-refractivity contribution is 5.78. The zero-order valence-electron chi connectivity index (χ0n) is 14.1. The average molecular weight is 334 g/mol. The van der Waals surface area contributed by atoms with Crippen LogP contribution in [0.4, 0.5) is 0 Å². The van der Waals surface area contributed by atoms with Crippen LogP contribution in [0.1, 0.15) is 36.1 Å². The number of aromatic nitrogens is 2. The number of rotatable bonds is 6. The van der Waals surface area contributed by atoms with Crippen LogP contribution in [0.15, 0.2) is 4.79 Å². The predicted molar refractivity (Wildman–Crippen MR) is 90.1 cm³/mol. The van der Waals surface area contributed by atoms with E-state index in [9.17, 15) is 9.59 Å². The molecule has 1 aromatic heterocycles. The van der Waals surface area contributed by atoms with E-state index in [1.54, 1.807) is 0 Å². The van der Waals surface area contributed by atoms with Gasteiger partial charge in [-0.2, -0.15) is 5.10 Å². The minimum atomic E-state index is -0.0978. The Labute approximate surface area is 141 Å². The van der Waals surface area contributed by atoms with E-state index in [2.05, 4.69) is 20.4 Å². The molecular weight excluding hydrogens is 308 g/mol. The minimum Gasteiger partial charge on any atom is -0.379 e. The number of carbonyl (C=O) groups is 1. The van der Waals surface area contributed by atoms with Gasteiger partial charge in [0.1, 0.15) is 0 Å². The van der Waals surface area contributed by atoms with Crippen molar-refractivity contribution in [1.82, 2.24) is 20.4 Å². The second kappa shape index (κ2) is 8.39. The SMILES string of the molecule is O=C(Cc1n[nH]c(=O)c2c1CCCC2)NCCCN1CCOCC1. The molecule has 0 unspecified atom stereocenters. The Morgan fingerprint density at radius 2 is 1.96 bits per heavy atom. The second-order valence-corrected chi connectivity index (χ2v) is 6.50. The summed E-state index contributed by atoms with van der Waals surface area (Å²) in [6, 6.07) is 0. The normalized spacial score (nSPS) is 18.2. The first-order valence-electron chi connectivity index (χ1n) is 8.90. The maximum absolute atomic E-state index is 12.2. The first kappa shape index (κ1) is 17.1. The van der Waals surface area contributed by atoms with Crippen LogP contribution in [0.5, 0.6) is 0 Å². The molecule has 7 nitrogen and oxygen atoms in total. The first-order valence-corrected chi connectivity index (χ1v) is 8.90. The third-order valence-corrected chi connectivity index (χ3v) is 4.79. The molecule has 1 aliphatic heterocycles. The lowest BCUT2D eigenvalue weighted by molar-refractivity contribution is -0.120. The number of hydrogen-bond donors (Lipinski definition) is 2. The minimum absolute atomic E-state index is 0.0238. The van der Waals surface area contributed by atoms with Gasteiger partial charge in [-0.25, -0.2) is 5.10 Å². The van der Waals surface area contributed by atoms with Gasteiger partial charge in [-0.15, -0.1) is 0 Å². The summed E-state index contributed by atoms with van der Waals surface area (Å²) < 4.78 is 5.32. The topological polar surface area (TPSA) is 87.3 Å². The molecule has 1 fully saturated rings. The Kier molecular flexibility index (Phi) is 5.98. The van der Waals surface area contributed by atoms with Gasteiger partial charge in [0.25, 0.3) is 5.56 Å². The number of aromatic amines is 1. The Balaban J connectivity index is 1.46. The zero-order valence-corrected chi connectivity index (χ0v) is 14.1. The Morgan fingerprint density at radius 3 is 2.75 bits per heavy atom. The number of H-pyrrole nitrogens is 1. The average Bonchev–Trinajstić information content (AvgIpc) is 2.62. The van der Waals surface area contributed by atoms with E-state index in [1.165, 1.54) is 0 Å². The highest BCUT2D eigenvalue weighted by Gasteiger charge is 2.19. The molecule has 3 rings (SSSR count).